The Labute approximate surface area is 127 Å². The first kappa shape index (κ1) is 14.1. The maximum atomic E-state index is 14.2. The molecule has 3 aromatic rings. The van der Waals surface area contributed by atoms with Crippen molar-refractivity contribution in [2.75, 3.05) is 0 Å². The molecule has 3 aromatic carbocycles. The van der Waals surface area contributed by atoms with Crippen molar-refractivity contribution in [2.45, 2.75) is 0 Å². The number of benzene rings is 3. The summed E-state index contributed by atoms with van der Waals surface area (Å²) in [6.07, 6.45) is 0. The zero-order chi connectivity index (χ0) is 15.4. The highest BCUT2D eigenvalue weighted by Gasteiger charge is 2.12. The molecule has 0 saturated carbocycles. The standard InChI is InChI=1S/C19H13F2N/c20-16-11-5-4-10-15(16)19(14-8-2-1-3-9-14)22-18-13-7-6-12-17(18)21/h1-13H. The molecule has 0 heterocycles. The molecule has 0 N–H and O–H groups in total. The van der Waals surface area contributed by atoms with Gasteiger partial charge in [0.1, 0.15) is 11.6 Å². The van der Waals surface area contributed by atoms with Gasteiger partial charge in [-0.1, -0.05) is 54.6 Å². The third kappa shape index (κ3) is 2.93. The van der Waals surface area contributed by atoms with Gasteiger partial charge in [0, 0.05) is 11.1 Å². The lowest BCUT2D eigenvalue weighted by Crippen LogP contribution is -2.05. The minimum Gasteiger partial charge on any atom is -0.245 e. The third-order valence-electron chi connectivity index (χ3n) is 3.26. The van der Waals surface area contributed by atoms with Crippen molar-refractivity contribution in [1.29, 1.82) is 0 Å². The molecule has 108 valence electrons. The van der Waals surface area contributed by atoms with Crippen LogP contribution in [0.5, 0.6) is 0 Å². The second kappa shape index (κ2) is 6.31. The molecular formula is C19H13F2N. The highest BCUT2D eigenvalue weighted by molar-refractivity contribution is 6.14. The van der Waals surface area contributed by atoms with E-state index in [1.54, 1.807) is 36.4 Å². The van der Waals surface area contributed by atoms with Crippen molar-refractivity contribution < 1.29 is 8.78 Å². The summed E-state index contributed by atoms with van der Waals surface area (Å²) >= 11 is 0. The van der Waals surface area contributed by atoms with Crippen LogP contribution in [0.3, 0.4) is 0 Å². The average molecular weight is 293 g/mol. The van der Waals surface area contributed by atoms with Crippen LogP contribution in [0, 0.1) is 11.6 Å². The summed E-state index contributed by atoms with van der Waals surface area (Å²) in [7, 11) is 0. The highest BCUT2D eigenvalue weighted by Crippen LogP contribution is 2.22. The quantitative estimate of drug-likeness (QED) is 0.593. The Morgan fingerprint density at radius 1 is 0.636 bits per heavy atom. The molecule has 0 saturated heterocycles. The molecular weight excluding hydrogens is 280 g/mol. The van der Waals surface area contributed by atoms with Gasteiger partial charge in [-0.25, -0.2) is 13.8 Å². The largest absolute Gasteiger partial charge is 0.245 e. The van der Waals surface area contributed by atoms with E-state index in [2.05, 4.69) is 4.99 Å². The predicted molar refractivity (Wildman–Crippen MR) is 84.5 cm³/mol. The summed E-state index contributed by atoms with van der Waals surface area (Å²) in [6.45, 7) is 0. The Bertz CT molecular complexity index is 810. The number of halogens is 2. The molecule has 0 aliphatic carbocycles. The number of nitrogens with zero attached hydrogens (tertiary/aromatic N) is 1. The minimum absolute atomic E-state index is 0.185. The van der Waals surface area contributed by atoms with Crippen LogP contribution in [0.2, 0.25) is 0 Å². The second-order valence-electron chi connectivity index (χ2n) is 4.76. The Morgan fingerprint density at radius 2 is 1.23 bits per heavy atom. The third-order valence-corrected chi connectivity index (χ3v) is 3.26. The SMILES string of the molecule is Fc1ccccc1N=C(c1ccccc1)c1ccccc1F. The number of rotatable bonds is 3. The second-order valence-corrected chi connectivity index (χ2v) is 4.76. The van der Waals surface area contributed by atoms with Crippen LogP contribution in [-0.2, 0) is 0 Å². The molecule has 0 aromatic heterocycles. The van der Waals surface area contributed by atoms with E-state index in [9.17, 15) is 8.78 Å². The molecule has 22 heavy (non-hydrogen) atoms. The number of hydrogen-bond acceptors (Lipinski definition) is 1. The Balaban J connectivity index is 2.21. The van der Waals surface area contributed by atoms with E-state index in [0.717, 1.165) is 5.56 Å². The maximum absolute atomic E-state index is 14.2. The van der Waals surface area contributed by atoms with Crippen LogP contribution in [0.1, 0.15) is 11.1 Å². The zero-order valence-corrected chi connectivity index (χ0v) is 11.7. The molecule has 0 bridgehead atoms. The first-order chi connectivity index (χ1) is 10.8. The smallest absolute Gasteiger partial charge is 0.148 e. The maximum Gasteiger partial charge on any atom is 0.148 e. The number of hydrogen-bond donors (Lipinski definition) is 0. The van der Waals surface area contributed by atoms with Crippen molar-refractivity contribution in [1.82, 2.24) is 0 Å². The van der Waals surface area contributed by atoms with E-state index in [-0.39, 0.29) is 11.5 Å². The van der Waals surface area contributed by atoms with E-state index in [0.29, 0.717) is 11.3 Å². The van der Waals surface area contributed by atoms with Gasteiger partial charge in [0.2, 0.25) is 0 Å². The Morgan fingerprint density at radius 3 is 1.91 bits per heavy atom. The molecule has 0 unspecified atom stereocenters. The zero-order valence-electron chi connectivity index (χ0n) is 11.7. The van der Waals surface area contributed by atoms with Crippen LogP contribution in [-0.4, -0.2) is 5.71 Å². The van der Waals surface area contributed by atoms with Gasteiger partial charge in [-0.15, -0.1) is 0 Å². The molecule has 3 heteroatoms. The summed E-state index contributed by atoms with van der Waals surface area (Å²) in [5.74, 6) is -0.825. The van der Waals surface area contributed by atoms with Gasteiger partial charge in [-0.2, -0.15) is 0 Å². The fourth-order valence-corrected chi connectivity index (χ4v) is 2.19. The van der Waals surface area contributed by atoms with Crippen LogP contribution < -0.4 is 0 Å². The molecule has 0 aliphatic heterocycles. The summed E-state index contributed by atoms with van der Waals surface area (Å²) in [5.41, 5.74) is 1.67. The van der Waals surface area contributed by atoms with E-state index < -0.39 is 5.82 Å². The lowest BCUT2D eigenvalue weighted by Gasteiger charge is -2.09. The van der Waals surface area contributed by atoms with Crippen molar-refractivity contribution >= 4 is 11.4 Å². The molecule has 0 atom stereocenters. The van der Waals surface area contributed by atoms with Crippen LogP contribution in [0.25, 0.3) is 0 Å². The monoisotopic (exact) mass is 293 g/mol. The summed E-state index contributed by atoms with van der Waals surface area (Å²) in [4.78, 5) is 4.36. The molecule has 0 radical (unpaired) electrons. The fraction of sp³-hybridized carbons (Fsp3) is 0. The van der Waals surface area contributed by atoms with Gasteiger partial charge < -0.3 is 0 Å². The topological polar surface area (TPSA) is 12.4 Å². The lowest BCUT2D eigenvalue weighted by atomic mass is 10.0. The van der Waals surface area contributed by atoms with Crippen LogP contribution >= 0.6 is 0 Å². The molecule has 0 spiro atoms. The summed E-state index contributed by atoms with van der Waals surface area (Å²) in [5, 5.41) is 0. The van der Waals surface area contributed by atoms with Crippen molar-refractivity contribution in [2.24, 2.45) is 4.99 Å². The number of aliphatic imine (C=N–C) groups is 1. The lowest BCUT2D eigenvalue weighted by molar-refractivity contribution is 0.624. The normalized spacial score (nSPS) is 11.5. The van der Waals surface area contributed by atoms with Crippen molar-refractivity contribution in [3.8, 4) is 0 Å². The van der Waals surface area contributed by atoms with Crippen LogP contribution in [0.4, 0.5) is 14.5 Å². The van der Waals surface area contributed by atoms with Gasteiger partial charge in [0.05, 0.1) is 11.4 Å². The first-order valence-electron chi connectivity index (χ1n) is 6.89. The van der Waals surface area contributed by atoms with Gasteiger partial charge in [0.15, 0.2) is 0 Å². The predicted octanol–water partition coefficient (Wildman–Crippen LogP) is 5.13. The average Bonchev–Trinajstić information content (AvgIpc) is 2.56. The van der Waals surface area contributed by atoms with Gasteiger partial charge in [-0.05, 0) is 24.3 Å². The van der Waals surface area contributed by atoms with Gasteiger partial charge in [-0.3, -0.25) is 0 Å². The molecule has 0 fully saturated rings. The van der Waals surface area contributed by atoms with Crippen LogP contribution in [0.15, 0.2) is 83.9 Å². The Kier molecular flexibility index (Phi) is 4.05. The van der Waals surface area contributed by atoms with Crippen molar-refractivity contribution in [3.63, 3.8) is 0 Å². The molecule has 3 rings (SSSR count). The van der Waals surface area contributed by atoms with E-state index in [1.807, 2.05) is 30.3 Å². The Hall–Kier alpha value is -2.81. The van der Waals surface area contributed by atoms with Gasteiger partial charge in [0.25, 0.3) is 0 Å². The van der Waals surface area contributed by atoms with E-state index >= 15 is 0 Å². The van der Waals surface area contributed by atoms with E-state index in [4.69, 9.17) is 0 Å². The number of para-hydroxylation sites is 1. The molecule has 0 amide bonds. The minimum atomic E-state index is -0.438. The molecule has 1 nitrogen and oxygen atoms in total. The fourth-order valence-electron chi connectivity index (χ4n) is 2.19. The van der Waals surface area contributed by atoms with E-state index in [1.165, 1.54) is 12.1 Å². The highest BCUT2D eigenvalue weighted by atomic mass is 19.1. The first-order valence-corrected chi connectivity index (χ1v) is 6.89. The van der Waals surface area contributed by atoms with Crippen molar-refractivity contribution in [3.05, 3.63) is 102 Å². The van der Waals surface area contributed by atoms with Gasteiger partial charge >= 0.3 is 0 Å². The summed E-state index contributed by atoms with van der Waals surface area (Å²) < 4.78 is 28.0. The molecule has 0 aliphatic rings. The summed E-state index contributed by atoms with van der Waals surface area (Å²) in [6, 6.07) is 21.8.